The molecule has 0 spiro atoms. The molecule has 11 atom stereocenters. The fourth-order valence-electron chi connectivity index (χ4n) is 11.6. The fraction of sp³-hybridized carbons (Fsp3) is 0.763. The van der Waals surface area contributed by atoms with Crippen molar-refractivity contribution in [2.24, 2.45) is 56.7 Å². The summed E-state index contributed by atoms with van der Waals surface area (Å²) in [5, 5.41) is 11.5. The number of hydrogen-bond acceptors (Lipinski definition) is 5. The zero-order valence-corrected chi connectivity index (χ0v) is 27.9. The lowest BCUT2D eigenvalue weighted by Gasteiger charge is -2.71. The number of allylic oxidation sites excluding steroid dienone is 1. The summed E-state index contributed by atoms with van der Waals surface area (Å²) in [4.78, 5) is 14.5. The van der Waals surface area contributed by atoms with Gasteiger partial charge in [0.25, 0.3) is 0 Å². The molecule has 1 aromatic carbocycles. The van der Waals surface area contributed by atoms with Crippen LogP contribution in [0.25, 0.3) is 0 Å². The first-order chi connectivity index (χ1) is 20.3. The predicted molar refractivity (Wildman–Crippen MR) is 169 cm³/mol. The second kappa shape index (κ2) is 10.7. The van der Waals surface area contributed by atoms with E-state index in [1.807, 2.05) is 30.3 Å². The van der Waals surface area contributed by atoms with Crippen molar-refractivity contribution in [3.05, 3.63) is 47.5 Å². The van der Waals surface area contributed by atoms with Crippen LogP contribution in [-0.4, -0.2) is 43.6 Å². The average Bonchev–Trinajstić information content (AvgIpc) is 2.98. The minimum Gasteiger partial charge on any atom is -0.461 e. The summed E-state index contributed by atoms with van der Waals surface area (Å²) in [5.41, 5.74) is 1.72. The number of rotatable bonds is 6. The number of carbonyl (C=O) groups is 1. The van der Waals surface area contributed by atoms with Gasteiger partial charge in [-0.05, 0) is 84.0 Å². The molecule has 0 radical (unpaired) electrons. The van der Waals surface area contributed by atoms with E-state index in [9.17, 15) is 9.90 Å². The van der Waals surface area contributed by atoms with Crippen LogP contribution < -0.4 is 0 Å². The van der Waals surface area contributed by atoms with E-state index in [4.69, 9.17) is 14.2 Å². The Kier molecular flexibility index (Phi) is 7.79. The van der Waals surface area contributed by atoms with Gasteiger partial charge in [-0.1, -0.05) is 90.4 Å². The van der Waals surface area contributed by atoms with Crippen LogP contribution in [0.15, 0.2) is 42.0 Å². The molecular formula is C38H56O5. The summed E-state index contributed by atoms with van der Waals surface area (Å²) < 4.78 is 18.6. The molecule has 1 aromatic rings. The van der Waals surface area contributed by atoms with E-state index in [1.165, 1.54) is 0 Å². The molecule has 43 heavy (non-hydrogen) atoms. The molecule has 5 heteroatoms. The van der Waals surface area contributed by atoms with Gasteiger partial charge in [0.2, 0.25) is 0 Å². The minimum atomic E-state index is -0.519. The van der Waals surface area contributed by atoms with Gasteiger partial charge < -0.3 is 19.3 Å². The van der Waals surface area contributed by atoms with E-state index < -0.39 is 6.10 Å². The molecule has 2 bridgehead atoms. The number of esters is 1. The third-order valence-corrected chi connectivity index (χ3v) is 14.6. The molecule has 5 aliphatic rings. The molecule has 1 saturated heterocycles. The maximum absolute atomic E-state index is 14.5. The highest BCUT2D eigenvalue weighted by Gasteiger charge is 2.71. The highest BCUT2D eigenvalue weighted by atomic mass is 16.5. The van der Waals surface area contributed by atoms with Gasteiger partial charge in [0.1, 0.15) is 6.61 Å². The summed E-state index contributed by atoms with van der Waals surface area (Å²) >= 11 is 0. The van der Waals surface area contributed by atoms with Gasteiger partial charge in [-0.25, -0.2) is 0 Å². The SMILES string of the molecule is CO[C@@H]1C[C@@]23COC[C@](C)([C@@H]2CC[C@H]2C3=CC[C@@]3(C)[C@H](C(=O)OCc4ccccc4)[C@@](C)([C@H](C)C(C)C)CC[C@]23C)[C@H]1O. The lowest BCUT2D eigenvalue weighted by atomic mass is 9.34. The van der Waals surface area contributed by atoms with Crippen LogP contribution in [0.4, 0.5) is 0 Å². The number of hydrogen-bond donors (Lipinski definition) is 1. The molecule has 0 aromatic heterocycles. The summed E-state index contributed by atoms with van der Waals surface area (Å²) in [5.74, 6) is 1.41. The Bertz CT molecular complexity index is 1240. The summed E-state index contributed by atoms with van der Waals surface area (Å²) in [6.07, 6.45) is 7.84. The standard InChI is InChI=1S/C38H56O5/c1-24(2)25(3)34(4)18-19-36(6)27-14-15-30-35(5)22-42-23-38(30,20-29(41-8)32(35)39)28(27)16-17-37(36,7)31(34)33(40)43-21-26-12-10-9-11-13-26/h9-13,16,24-25,27,29-32,39H,14-15,17-23H2,1-8H3/t25-,27+,29-,30+,31-,32+,34-,35-,36-,37+,38+/m1/s1. The third-order valence-electron chi connectivity index (χ3n) is 14.6. The van der Waals surface area contributed by atoms with E-state index in [1.54, 1.807) is 12.7 Å². The normalized spacial score (nSPS) is 46.2. The Labute approximate surface area is 260 Å². The van der Waals surface area contributed by atoms with Crippen molar-refractivity contribution in [3.63, 3.8) is 0 Å². The van der Waals surface area contributed by atoms with E-state index >= 15 is 0 Å². The summed E-state index contributed by atoms with van der Waals surface area (Å²) in [6, 6.07) is 10.1. The number of fused-ring (bicyclic) bond motifs is 3. The molecule has 1 heterocycles. The Morgan fingerprint density at radius 1 is 1.02 bits per heavy atom. The zero-order valence-electron chi connectivity index (χ0n) is 27.9. The number of aliphatic hydroxyl groups is 1. The van der Waals surface area contributed by atoms with E-state index in [0.29, 0.717) is 43.5 Å². The van der Waals surface area contributed by atoms with Crippen LogP contribution in [0.1, 0.15) is 92.6 Å². The molecule has 1 N–H and O–H groups in total. The van der Waals surface area contributed by atoms with Crippen LogP contribution >= 0.6 is 0 Å². The number of aliphatic hydroxyl groups excluding tert-OH is 1. The predicted octanol–water partition coefficient (Wildman–Crippen LogP) is 7.61. The second-order valence-electron chi connectivity index (χ2n) is 16.5. The van der Waals surface area contributed by atoms with Crippen LogP contribution in [0, 0.1) is 56.7 Å². The van der Waals surface area contributed by atoms with Gasteiger partial charge in [-0.15, -0.1) is 0 Å². The smallest absolute Gasteiger partial charge is 0.310 e. The first kappa shape index (κ1) is 31.3. The topological polar surface area (TPSA) is 65.0 Å². The molecule has 6 rings (SSSR count). The van der Waals surface area contributed by atoms with E-state index in [-0.39, 0.29) is 45.1 Å². The Balaban J connectivity index is 1.42. The van der Waals surface area contributed by atoms with Crippen molar-refractivity contribution in [3.8, 4) is 0 Å². The maximum Gasteiger partial charge on any atom is 0.310 e. The molecular weight excluding hydrogens is 536 g/mol. The molecule has 5 nitrogen and oxygen atoms in total. The lowest BCUT2D eigenvalue weighted by Crippen LogP contribution is -2.69. The van der Waals surface area contributed by atoms with Crippen molar-refractivity contribution in [2.75, 3.05) is 20.3 Å². The molecule has 0 amide bonds. The first-order valence-corrected chi connectivity index (χ1v) is 17.0. The fourth-order valence-corrected chi connectivity index (χ4v) is 11.6. The van der Waals surface area contributed by atoms with Crippen molar-refractivity contribution in [1.29, 1.82) is 0 Å². The summed E-state index contributed by atoms with van der Waals surface area (Å²) in [7, 11) is 1.75. The Morgan fingerprint density at radius 2 is 1.74 bits per heavy atom. The second-order valence-corrected chi connectivity index (χ2v) is 16.5. The van der Waals surface area contributed by atoms with Gasteiger partial charge in [0, 0.05) is 17.9 Å². The average molecular weight is 593 g/mol. The molecule has 0 unspecified atom stereocenters. The van der Waals surface area contributed by atoms with Gasteiger partial charge in [-0.3, -0.25) is 4.79 Å². The van der Waals surface area contributed by atoms with Crippen molar-refractivity contribution in [1.82, 2.24) is 0 Å². The monoisotopic (exact) mass is 592 g/mol. The van der Waals surface area contributed by atoms with Crippen molar-refractivity contribution in [2.45, 2.75) is 106 Å². The van der Waals surface area contributed by atoms with Crippen LogP contribution in [0.3, 0.4) is 0 Å². The van der Waals surface area contributed by atoms with Gasteiger partial charge in [-0.2, -0.15) is 0 Å². The van der Waals surface area contributed by atoms with Gasteiger partial charge in [0.15, 0.2) is 0 Å². The molecule has 1 aliphatic heterocycles. The molecule has 4 fully saturated rings. The highest BCUT2D eigenvalue weighted by molar-refractivity contribution is 5.75. The zero-order chi connectivity index (χ0) is 31.0. The number of carbonyl (C=O) groups excluding carboxylic acids is 1. The van der Waals surface area contributed by atoms with Crippen LogP contribution in [0.2, 0.25) is 0 Å². The van der Waals surface area contributed by atoms with Crippen LogP contribution in [0.5, 0.6) is 0 Å². The van der Waals surface area contributed by atoms with E-state index in [2.05, 4.69) is 54.5 Å². The molecule has 4 aliphatic carbocycles. The first-order valence-electron chi connectivity index (χ1n) is 17.0. The van der Waals surface area contributed by atoms with Gasteiger partial charge in [0.05, 0.1) is 31.3 Å². The van der Waals surface area contributed by atoms with Gasteiger partial charge >= 0.3 is 5.97 Å². The summed E-state index contributed by atoms with van der Waals surface area (Å²) in [6.45, 7) is 18.1. The molecule has 238 valence electrons. The minimum absolute atomic E-state index is 0.0233. The molecule has 3 saturated carbocycles. The number of methoxy groups -OCH3 is 1. The van der Waals surface area contributed by atoms with Crippen LogP contribution in [-0.2, 0) is 25.6 Å². The maximum atomic E-state index is 14.5. The number of benzene rings is 1. The van der Waals surface area contributed by atoms with E-state index in [0.717, 1.165) is 44.1 Å². The Hall–Kier alpha value is -1.69. The van der Waals surface area contributed by atoms with Crippen molar-refractivity contribution < 1.29 is 24.1 Å². The largest absolute Gasteiger partial charge is 0.461 e. The Morgan fingerprint density at radius 3 is 2.42 bits per heavy atom. The third kappa shape index (κ3) is 4.30. The quantitative estimate of drug-likeness (QED) is 0.272. The number of ether oxygens (including phenoxy) is 3. The highest BCUT2D eigenvalue weighted by Crippen LogP contribution is 2.75. The lowest BCUT2D eigenvalue weighted by molar-refractivity contribution is -0.257. The van der Waals surface area contributed by atoms with Crippen molar-refractivity contribution >= 4 is 5.97 Å².